The van der Waals surface area contributed by atoms with E-state index in [1.165, 1.54) is 0 Å². The predicted molar refractivity (Wildman–Crippen MR) is 56.2 cm³/mol. The minimum atomic E-state index is -0.375. The quantitative estimate of drug-likeness (QED) is 0.564. The Morgan fingerprint density at radius 1 is 1.33 bits per heavy atom. The van der Waals surface area contributed by atoms with Crippen LogP contribution in [-0.2, 0) is 14.3 Å². The monoisotopic (exact) mass is 213 g/mol. The van der Waals surface area contributed by atoms with Gasteiger partial charge in [-0.15, -0.1) is 0 Å². The molecule has 1 saturated heterocycles. The first-order chi connectivity index (χ1) is 7.24. The summed E-state index contributed by atoms with van der Waals surface area (Å²) in [5.74, 6) is -0.796. The Bertz CT molecular complexity index is 222. The number of hydrogen-bond acceptors (Lipinski definition) is 4. The van der Waals surface area contributed by atoms with Gasteiger partial charge >= 0.3 is 11.9 Å². The van der Waals surface area contributed by atoms with Gasteiger partial charge < -0.3 is 10.1 Å². The van der Waals surface area contributed by atoms with Crippen molar-refractivity contribution in [2.75, 3.05) is 13.1 Å². The Morgan fingerprint density at radius 2 is 2.00 bits per heavy atom. The first kappa shape index (κ1) is 12.2. The summed E-state index contributed by atoms with van der Waals surface area (Å²) in [5.41, 5.74) is 0. The van der Waals surface area contributed by atoms with Crippen LogP contribution in [-0.4, -0.2) is 25.0 Å². The average molecular weight is 213 g/mol. The smallest absolute Gasteiger partial charge is 0.316 e. The van der Waals surface area contributed by atoms with Crippen molar-refractivity contribution in [1.29, 1.82) is 0 Å². The van der Waals surface area contributed by atoms with Gasteiger partial charge in [-0.2, -0.15) is 0 Å². The van der Waals surface area contributed by atoms with Crippen molar-refractivity contribution in [3.05, 3.63) is 0 Å². The second-order valence-electron chi connectivity index (χ2n) is 3.92. The second kappa shape index (κ2) is 6.56. The predicted octanol–water partition coefficient (Wildman–Crippen LogP) is 1.25. The Balaban J connectivity index is 2.24. The number of carbonyl (C=O) groups excluding carboxylic acids is 2. The molecule has 0 aromatic heterocycles. The molecular weight excluding hydrogens is 194 g/mol. The highest BCUT2D eigenvalue weighted by molar-refractivity contribution is 5.86. The van der Waals surface area contributed by atoms with Gasteiger partial charge in [-0.1, -0.05) is 13.3 Å². The van der Waals surface area contributed by atoms with Gasteiger partial charge in [0.2, 0.25) is 0 Å². The van der Waals surface area contributed by atoms with Crippen molar-refractivity contribution in [3.63, 3.8) is 0 Å². The van der Waals surface area contributed by atoms with Crippen LogP contribution in [0, 0.1) is 5.92 Å². The lowest BCUT2D eigenvalue weighted by atomic mass is 9.98. The summed E-state index contributed by atoms with van der Waals surface area (Å²) in [6, 6.07) is 0. The van der Waals surface area contributed by atoms with Crippen molar-refractivity contribution in [3.8, 4) is 0 Å². The molecule has 0 radical (unpaired) electrons. The lowest BCUT2D eigenvalue weighted by Crippen LogP contribution is -2.33. The topological polar surface area (TPSA) is 55.4 Å². The number of piperidine rings is 1. The van der Waals surface area contributed by atoms with Gasteiger partial charge in [0.15, 0.2) is 0 Å². The molecule has 1 N–H and O–H groups in total. The summed E-state index contributed by atoms with van der Waals surface area (Å²) in [7, 11) is 0. The van der Waals surface area contributed by atoms with E-state index < -0.39 is 0 Å². The number of rotatable bonds is 4. The fourth-order valence-electron chi connectivity index (χ4n) is 1.63. The molecule has 86 valence electrons. The lowest BCUT2D eigenvalue weighted by Gasteiger charge is -2.20. The van der Waals surface area contributed by atoms with E-state index in [0.717, 1.165) is 38.8 Å². The summed E-state index contributed by atoms with van der Waals surface area (Å²) in [6.07, 6.45) is 3.64. The first-order valence-electron chi connectivity index (χ1n) is 5.69. The molecule has 0 aliphatic carbocycles. The van der Waals surface area contributed by atoms with E-state index in [1.54, 1.807) is 0 Å². The zero-order valence-corrected chi connectivity index (χ0v) is 9.25. The third-order valence-corrected chi connectivity index (χ3v) is 2.62. The zero-order valence-electron chi connectivity index (χ0n) is 9.25. The van der Waals surface area contributed by atoms with E-state index in [2.05, 4.69) is 5.32 Å². The number of hydrogen-bond donors (Lipinski definition) is 1. The molecule has 4 nitrogen and oxygen atoms in total. The highest BCUT2D eigenvalue weighted by Crippen LogP contribution is 2.13. The minimum absolute atomic E-state index is 0.0863. The maximum absolute atomic E-state index is 11.5. The molecule has 1 aliphatic rings. The van der Waals surface area contributed by atoms with Crippen LogP contribution in [0.2, 0.25) is 0 Å². The van der Waals surface area contributed by atoms with Gasteiger partial charge in [0.05, 0.1) is 5.92 Å². The largest absolute Gasteiger partial charge is 0.393 e. The molecule has 0 unspecified atom stereocenters. The number of carbonyl (C=O) groups is 2. The number of ether oxygens (including phenoxy) is 1. The summed E-state index contributed by atoms with van der Waals surface area (Å²) in [6.45, 7) is 3.67. The summed E-state index contributed by atoms with van der Waals surface area (Å²) in [4.78, 5) is 22.7. The van der Waals surface area contributed by atoms with Gasteiger partial charge in [0, 0.05) is 6.42 Å². The molecule has 1 aliphatic heterocycles. The maximum atomic E-state index is 11.5. The molecule has 0 aromatic rings. The summed E-state index contributed by atoms with van der Waals surface area (Å²) >= 11 is 0. The van der Waals surface area contributed by atoms with Crippen molar-refractivity contribution in [2.24, 2.45) is 5.92 Å². The van der Waals surface area contributed by atoms with E-state index in [4.69, 9.17) is 4.74 Å². The molecule has 0 bridgehead atoms. The minimum Gasteiger partial charge on any atom is -0.393 e. The number of nitrogens with one attached hydrogen (secondary N) is 1. The van der Waals surface area contributed by atoms with Gasteiger partial charge in [-0.05, 0) is 32.4 Å². The Kier molecular flexibility index (Phi) is 5.32. The van der Waals surface area contributed by atoms with Crippen LogP contribution in [0.25, 0.3) is 0 Å². The summed E-state index contributed by atoms with van der Waals surface area (Å²) in [5, 5.41) is 3.16. The molecule has 0 spiro atoms. The van der Waals surface area contributed by atoms with Gasteiger partial charge in [-0.25, -0.2) is 0 Å². The van der Waals surface area contributed by atoms with Crippen molar-refractivity contribution in [1.82, 2.24) is 5.32 Å². The van der Waals surface area contributed by atoms with Gasteiger partial charge in [-0.3, -0.25) is 9.59 Å². The molecule has 15 heavy (non-hydrogen) atoms. The highest BCUT2D eigenvalue weighted by Gasteiger charge is 2.24. The summed E-state index contributed by atoms with van der Waals surface area (Å²) < 4.78 is 4.79. The molecule has 0 aromatic carbocycles. The van der Waals surface area contributed by atoms with Crippen LogP contribution in [0.4, 0.5) is 0 Å². The molecule has 0 atom stereocenters. The van der Waals surface area contributed by atoms with Crippen molar-refractivity contribution < 1.29 is 14.3 Å². The van der Waals surface area contributed by atoms with Crippen LogP contribution >= 0.6 is 0 Å². The van der Waals surface area contributed by atoms with Crippen molar-refractivity contribution >= 4 is 11.9 Å². The fraction of sp³-hybridized carbons (Fsp3) is 0.818. The zero-order chi connectivity index (χ0) is 11.1. The first-order valence-corrected chi connectivity index (χ1v) is 5.69. The molecule has 4 heteroatoms. The molecule has 1 heterocycles. The number of unbranched alkanes of at least 4 members (excludes halogenated alkanes) is 1. The normalized spacial score (nSPS) is 17.4. The standard InChI is InChI=1S/C11H19NO3/c1-2-3-4-10(13)15-11(14)9-5-7-12-8-6-9/h9,12H,2-8H2,1H3. The van der Waals surface area contributed by atoms with Crippen LogP contribution in [0.5, 0.6) is 0 Å². The third kappa shape index (κ3) is 4.42. The maximum Gasteiger partial charge on any atom is 0.316 e. The van der Waals surface area contributed by atoms with Crippen LogP contribution in [0.15, 0.2) is 0 Å². The van der Waals surface area contributed by atoms with Gasteiger partial charge in [0.1, 0.15) is 0 Å². The fourth-order valence-corrected chi connectivity index (χ4v) is 1.63. The van der Waals surface area contributed by atoms with Gasteiger partial charge in [0.25, 0.3) is 0 Å². The Hall–Kier alpha value is -0.900. The van der Waals surface area contributed by atoms with Crippen LogP contribution in [0.3, 0.4) is 0 Å². The van der Waals surface area contributed by atoms with Crippen LogP contribution in [0.1, 0.15) is 39.0 Å². The molecule has 0 saturated carbocycles. The molecule has 1 rings (SSSR count). The van der Waals surface area contributed by atoms with Crippen LogP contribution < -0.4 is 5.32 Å². The van der Waals surface area contributed by atoms with E-state index in [9.17, 15) is 9.59 Å². The van der Waals surface area contributed by atoms with E-state index >= 15 is 0 Å². The number of esters is 2. The average Bonchev–Trinajstić information content (AvgIpc) is 2.27. The SMILES string of the molecule is CCCCC(=O)OC(=O)C1CCNCC1. The second-order valence-corrected chi connectivity index (χ2v) is 3.92. The molecular formula is C11H19NO3. The Labute approximate surface area is 90.4 Å². The molecule has 1 fully saturated rings. The molecule has 0 amide bonds. The third-order valence-electron chi connectivity index (χ3n) is 2.62. The van der Waals surface area contributed by atoms with E-state index in [0.29, 0.717) is 6.42 Å². The van der Waals surface area contributed by atoms with E-state index in [1.807, 2.05) is 6.92 Å². The lowest BCUT2D eigenvalue weighted by molar-refractivity contribution is -0.163. The Morgan fingerprint density at radius 3 is 2.60 bits per heavy atom. The van der Waals surface area contributed by atoms with E-state index in [-0.39, 0.29) is 17.9 Å². The van der Waals surface area contributed by atoms with Crippen molar-refractivity contribution in [2.45, 2.75) is 39.0 Å². The highest BCUT2D eigenvalue weighted by atomic mass is 16.6.